The molecule has 2 aromatic carbocycles. The van der Waals surface area contributed by atoms with Gasteiger partial charge in [0.15, 0.2) is 0 Å². The molecule has 0 saturated heterocycles. The van der Waals surface area contributed by atoms with Crippen molar-refractivity contribution in [3.63, 3.8) is 0 Å². The second-order valence-corrected chi connectivity index (χ2v) is 9.65. The molecule has 0 unspecified atom stereocenters. The third kappa shape index (κ3) is 6.01. The summed E-state index contributed by atoms with van der Waals surface area (Å²) in [6.45, 7) is -0.00138. The summed E-state index contributed by atoms with van der Waals surface area (Å²) in [5, 5.41) is 12.7. The molecule has 10 nitrogen and oxygen atoms in total. The number of hydrogen-bond donors (Lipinski definition) is 2. The number of rotatable bonds is 10. The second kappa shape index (κ2) is 11.3. The maximum absolute atomic E-state index is 13.4. The van der Waals surface area contributed by atoms with Gasteiger partial charge in [-0.05, 0) is 66.4 Å². The SMILES string of the molecule is O=C(O)[C@H]1C[C@@H]1Cn1c(=O)nc(Nc2ccc(Oc3ncccc3C(F)F)cc2)n(Cc2ccc(Cl)cc2)c1=O. The predicted molar refractivity (Wildman–Crippen MR) is 142 cm³/mol. The fourth-order valence-electron chi connectivity index (χ4n) is 4.18. The van der Waals surface area contributed by atoms with Crippen LogP contribution in [0.15, 0.2) is 76.4 Å². The summed E-state index contributed by atoms with van der Waals surface area (Å²) in [5.74, 6) is -1.91. The molecule has 0 bridgehead atoms. The lowest BCUT2D eigenvalue weighted by molar-refractivity contribution is -0.138. The largest absolute Gasteiger partial charge is 0.481 e. The van der Waals surface area contributed by atoms with Crippen LogP contribution in [0.4, 0.5) is 20.4 Å². The van der Waals surface area contributed by atoms with Gasteiger partial charge in [-0.25, -0.2) is 27.9 Å². The molecule has 206 valence electrons. The molecular formula is C27H22ClF2N5O5. The number of halogens is 3. The molecule has 2 N–H and O–H groups in total. The van der Waals surface area contributed by atoms with Gasteiger partial charge in [0, 0.05) is 23.5 Å². The number of carbonyl (C=O) groups is 1. The Bertz CT molecular complexity index is 1660. The molecule has 0 amide bonds. The number of aliphatic carboxylic acids is 1. The van der Waals surface area contributed by atoms with Gasteiger partial charge in [-0.3, -0.25) is 9.36 Å². The van der Waals surface area contributed by atoms with Crippen molar-refractivity contribution in [2.45, 2.75) is 25.9 Å². The van der Waals surface area contributed by atoms with E-state index in [0.29, 0.717) is 22.7 Å². The average Bonchev–Trinajstić information content (AvgIpc) is 3.71. The molecular weight excluding hydrogens is 548 g/mol. The summed E-state index contributed by atoms with van der Waals surface area (Å²) in [4.78, 5) is 45.5. The lowest BCUT2D eigenvalue weighted by atomic mass is 10.2. The first kappa shape index (κ1) is 27.0. The third-order valence-corrected chi connectivity index (χ3v) is 6.67. The lowest BCUT2D eigenvalue weighted by Crippen LogP contribution is -2.43. The summed E-state index contributed by atoms with van der Waals surface area (Å²) in [5.41, 5.74) is -0.662. The highest BCUT2D eigenvalue weighted by molar-refractivity contribution is 6.30. The minimum atomic E-state index is -2.76. The molecule has 13 heteroatoms. The molecule has 40 heavy (non-hydrogen) atoms. The van der Waals surface area contributed by atoms with Crippen molar-refractivity contribution in [1.29, 1.82) is 0 Å². The number of hydrogen-bond acceptors (Lipinski definition) is 7. The lowest BCUT2D eigenvalue weighted by Gasteiger charge is -2.16. The Kier molecular flexibility index (Phi) is 7.60. The molecule has 0 radical (unpaired) electrons. The summed E-state index contributed by atoms with van der Waals surface area (Å²) in [6, 6.07) is 15.5. The highest BCUT2D eigenvalue weighted by Gasteiger charge is 2.43. The van der Waals surface area contributed by atoms with Gasteiger partial charge < -0.3 is 15.2 Å². The maximum atomic E-state index is 13.4. The number of carboxylic acid groups (broad SMARTS) is 1. The molecule has 0 aliphatic heterocycles. The van der Waals surface area contributed by atoms with Crippen molar-refractivity contribution in [2.75, 3.05) is 5.32 Å². The van der Waals surface area contributed by atoms with Crippen molar-refractivity contribution in [2.24, 2.45) is 11.8 Å². The number of carboxylic acids is 1. The molecule has 2 heterocycles. The number of benzene rings is 2. The van der Waals surface area contributed by atoms with Crippen LogP contribution in [0.5, 0.6) is 11.6 Å². The predicted octanol–water partition coefficient (Wildman–Crippen LogP) is 4.70. The highest BCUT2D eigenvalue weighted by atomic mass is 35.5. The van der Waals surface area contributed by atoms with Gasteiger partial charge in [0.2, 0.25) is 11.8 Å². The van der Waals surface area contributed by atoms with E-state index in [-0.39, 0.29) is 42.1 Å². The number of anilines is 2. The van der Waals surface area contributed by atoms with Crippen molar-refractivity contribution in [3.05, 3.63) is 104 Å². The van der Waals surface area contributed by atoms with Gasteiger partial charge in [-0.15, -0.1) is 0 Å². The Labute approximate surface area is 230 Å². The fourth-order valence-corrected chi connectivity index (χ4v) is 4.31. The first-order valence-electron chi connectivity index (χ1n) is 12.2. The van der Waals surface area contributed by atoms with E-state index < -0.39 is 29.7 Å². The molecule has 1 aliphatic carbocycles. The normalized spacial score (nSPS) is 16.1. The van der Waals surface area contributed by atoms with Crippen LogP contribution >= 0.6 is 11.6 Å². The highest BCUT2D eigenvalue weighted by Crippen LogP contribution is 2.39. The number of pyridine rings is 1. The molecule has 1 aliphatic rings. The Morgan fingerprint density at radius 2 is 1.82 bits per heavy atom. The van der Waals surface area contributed by atoms with Crippen LogP contribution in [-0.4, -0.2) is 30.2 Å². The number of nitrogens with zero attached hydrogens (tertiary/aromatic N) is 4. The van der Waals surface area contributed by atoms with E-state index in [1.807, 2.05) is 0 Å². The molecule has 2 atom stereocenters. The van der Waals surface area contributed by atoms with Crippen molar-refractivity contribution >= 4 is 29.2 Å². The Morgan fingerprint density at radius 1 is 1.10 bits per heavy atom. The van der Waals surface area contributed by atoms with E-state index in [1.165, 1.54) is 35.0 Å². The fraction of sp³-hybridized carbons (Fsp3) is 0.222. The van der Waals surface area contributed by atoms with Crippen LogP contribution in [-0.2, 0) is 17.9 Å². The average molecular weight is 570 g/mol. The molecule has 5 rings (SSSR count). The van der Waals surface area contributed by atoms with Crippen LogP contribution in [0.25, 0.3) is 0 Å². The summed E-state index contributed by atoms with van der Waals surface area (Å²) < 4.78 is 34.2. The number of aromatic nitrogens is 4. The van der Waals surface area contributed by atoms with Crippen molar-refractivity contribution in [3.8, 4) is 11.6 Å². The number of ether oxygens (including phenoxy) is 1. The summed E-state index contributed by atoms with van der Waals surface area (Å²) >= 11 is 5.98. The zero-order chi connectivity index (χ0) is 28.4. The Morgan fingerprint density at radius 3 is 2.48 bits per heavy atom. The van der Waals surface area contributed by atoms with E-state index in [9.17, 15) is 28.3 Å². The van der Waals surface area contributed by atoms with E-state index in [1.54, 1.807) is 36.4 Å². The summed E-state index contributed by atoms with van der Waals surface area (Å²) in [6.07, 6.45) is -1.04. The van der Waals surface area contributed by atoms with Gasteiger partial charge in [-0.2, -0.15) is 4.98 Å². The Hall–Kier alpha value is -4.58. The molecule has 1 fully saturated rings. The van der Waals surface area contributed by atoms with Gasteiger partial charge >= 0.3 is 17.3 Å². The quantitative estimate of drug-likeness (QED) is 0.281. The summed E-state index contributed by atoms with van der Waals surface area (Å²) in [7, 11) is 0. The van der Waals surface area contributed by atoms with E-state index in [4.69, 9.17) is 16.3 Å². The van der Waals surface area contributed by atoms with Crippen LogP contribution < -0.4 is 21.4 Å². The van der Waals surface area contributed by atoms with Gasteiger partial charge in [0.1, 0.15) is 5.75 Å². The molecule has 2 aromatic heterocycles. The Balaban J connectivity index is 1.43. The van der Waals surface area contributed by atoms with Crippen molar-refractivity contribution in [1.82, 2.24) is 19.1 Å². The monoisotopic (exact) mass is 569 g/mol. The minimum Gasteiger partial charge on any atom is -0.481 e. The van der Waals surface area contributed by atoms with Crippen LogP contribution in [0, 0.1) is 11.8 Å². The number of nitrogens with one attached hydrogen (secondary N) is 1. The van der Waals surface area contributed by atoms with E-state index >= 15 is 0 Å². The molecule has 4 aromatic rings. The smallest absolute Gasteiger partial charge is 0.354 e. The molecule has 1 saturated carbocycles. The van der Waals surface area contributed by atoms with Gasteiger partial charge in [0.25, 0.3) is 6.43 Å². The minimum absolute atomic E-state index is 0.0369. The van der Waals surface area contributed by atoms with Crippen LogP contribution in [0.2, 0.25) is 5.02 Å². The van der Waals surface area contributed by atoms with E-state index in [0.717, 1.165) is 4.57 Å². The van der Waals surface area contributed by atoms with Crippen molar-refractivity contribution < 1.29 is 23.4 Å². The molecule has 0 spiro atoms. The maximum Gasteiger partial charge on any atom is 0.354 e. The van der Waals surface area contributed by atoms with Crippen LogP contribution in [0.3, 0.4) is 0 Å². The topological polar surface area (TPSA) is 128 Å². The first-order chi connectivity index (χ1) is 19.2. The zero-order valence-electron chi connectivity index (χ0n) is 20.7. The van der Waals surface area contributed by atoms with E-state index in [2.05, 4.69) is 15.3 Å². The zero-order valence-corrected chi connectivity index (χ0v) is 21.5. The third-order valence-electron chi connectivity index (χ3n) is 6.42. The van der Waals surface area contributed by atoms with Gasteiger partial charge in [0.05, 0.1) is 18.0 Å². The second-order valence-electron chi connectivity index (χ2n) is 9.21. The standard InChI is InChI=1S/C27H22ClF2N5O5/c28-17-5-3-15(4-6-17)13-34-25(33-26(38)35(27(34)39)14-16-12-21(16)24(36)37)32-18-7-9-19(10-8-18)40-23-20(22(29)30)2-1-11-31-23/h1-11,16,21-22H,12-14H2,(H,36,37)(H,32,33,38)/t16-,21+/m1/s1. The van der Waals surface area contributed by atoms with Gasteiger partial charge in [-0.1, -0.05) is 23.7 Å². The first-order valence-corrected chi connectivity index (χ1v) is 12.5. The van der Waals surface area contributed by atoms with Crippen LogP contribution in [0.1, 0.15) is 24.0 Å². The number of alkyl halides is 2.